The van der Waals surface area contributed by atoms with Crippen LogP contribution in [0.2, 0.25) is 0 Å². The van der Waals surface area contributed by atoms with Crippen LogP contribution in [0.3, 0.4) is 0 Å². The average Bonchev–Trinajstić information content (AvgIpc) is 3.59. The van der Waals surface area contributed by atoms with Crippen molar-refractivity contribution in [1.29, 1.82) is 0 Å². The molecule has 194 valence electrons. The lowest BCUT2D eigenvalue weighted by atomic mass is 10.1. The highest BCUT2D eigenvalue weighted by molar-refractivity contribution is 7.73. The van der Waals surface area contributed by atoms with Gasteiger partial charge in [0.15, 0.2) is 9.74 Å². The van der Waals surface area contributed by atoms with Gasteiger partial charge in [-0.1, -0.05) is 18.2 Å². The number of ether oxygens (including phenoxy) is 1. The van der Waals surface area contributed by atoms with Gasteiger partial charge < -0.3 is 9.72 Å². The molecule has 0 aliphatic carbocycles. The first-order chi connectivity index (χ1) is 16.5. The lowest BCUT2D eigenvalue weighted by molar-refractivity contribution is -0.136. The molecule has 0 saturated carbocycles. The number of esters is 1. The lowest BCUT2D eigenvalue weighted by Crippen LogP contribution is -2.27. The largest absolute Gasteiger partial charge is 0.466 e. The van der Waals surface area contributed by atoms with Gasteiger partial charge in [0, 0.05) is 48.7 Å². The van der Waals surface area contributed by atoms with E-state index in [9.17, 15) is 9.59 Å². The fourth-order valence-electron chi connectivity index (χ4n) is 3.98. The summed E-state index contributed by atoms with van der Waals surface area (Å²) in [6.45, 7) is 8.96. The van der Waals surface area contributed by atoms with Gasteiger partial charge in [0.05, 0.1) is 24.3 Å². The van der Waals surface area contributed by atoms with Crippen LogP contribution in [-0.2, 0) is 14.3 Å². The van der Waals surface area contributed by atoms with Gasteiger partial charge in [-0.3, -0.25) is 19.5 Å². The standard InChI is InChI=1S/C9H12N2S2.C8H12ClNO.C8H13NO2/c1-6-7(3-4-11(6)2)8-5-13-9(12)10-8;1-6-7(8(11)5-9)3-4-10(6)2;1-6-7(8(10)11-3)4-5-9(6)2/h3,5-6H,4H2,1-2H3,(H,10,12);3,6H,4-5H2,1-2H3;4,6H,5H2,1-3H3/t3*6-/m000/s1. The monoisotopic (exact) mass is 540 g/mol. The van der Waals surface area contributed by atoms with Crippen molar-refractivity contribution >= 4 is 52.5 Å². The Morgan fingerprint density at radius 3 is 1.89 bits per heavy atom. The highest BCUT2D eigenvalue weighted by atomic mass is 35.5. The second-order valence-corrected chi connectivity index (χ2v) is 10.7. The molecule has 3 aliphatic heterocycles. The number of nitrogens with zero attached hydrogens (tertiary/aromatic N) is 3. The molecule has 10 heteroatoms. The Morgan fingerprint density at radius 2 is 1.51 bits per heavy atom. The molecular formula is C25H37ClN4O3S2. The molecule has 0 spiro atoms. The molecule has 0 radical (unpaired) electrons. The zero-order chi connectivity index (χ0) is 26.3. The summed E-state index contributed by atoms with van der Waals surface area (Å²) in [5.41, 5.74) is 4.19. The van der Waals surface area contributed by atoms with E-state index in [1.165, 1.54) is 18.4 Å². The average molecular weight is 541 g/mol. The molecule has 35 heavy (non-hydrogen) atoms. The molecule has 0 amide bonds. The zero-order valence-electron chi connectivity index (χ0n) is 21.6. The summed E-state index contributed by atoms with van der Waals surface area (Å²) in [4.78, 5) is 31.9. The molecule has 3 aliphatic rings. The van der Waals surface area contributed by atoms with Crippen LogP contribution >= 0.6 is 35.2 Å². The van der Waals surface area contributed by atoms with Crippen LogP contribution in [0.15, 0.2) is 34.8 Å². The van der Waals surface area contributed by atoms with Crippen LogP contribution in [0.4, 0.5) is 0 Å². The minimum absolute atomic E-state index is 0.0588. The Kier molecular flexibility index (Phi) is 11.5. The number of likely N-dealkylation sites (N-methyl/N-ethyl adjacent to an activating group) is 3. The zero-order valence-corrected chi connectivity index (χ0v) is 24.0. The number of aromatic nitrogens is 1. The van der Waals surface area contributed by atoms with E-state index in [4.69, 9.17) is 23.8 Å². The second kappa shape index (κ2) is 13.6. The Bertz CT molecular complexity index is 1000. The number of nitrogens with one attached hydrogen (secondary N) is 1. The molecule has 0 saturated heterocycles. The predicted molar refractivity (Wildman–Crippen MR) is 148 cm³/mol. The number of aromatic amines is 1. The number of hydrogen-bond acceptors (Lipinski definition) is 8. The van der Waals surface area contributed by atoms with Crippen molar-refractivity contribution in [2.75, 3.05) is 53.8 Å². The molecule has 3 atom stereocenters. The van der Waals surface area contributed by atoms with E-state index in [0.29, 0.717) is 6.04 Å². The molecule has 0 fully saturated rings. The molecule has 1 aromatic heterocycles. The van der Waals surface area contributed by atoms with Gasteiger partial charge in [-0.15, -0.1) is 22.9 Å². The Hall–Kier alpha value is -1.62. The summed E-state index contributed by atoms with van der Waals surface area (Å²) in [5, 5.41) is 2.10. The highest BCUT2D eigenvalue weighted by Gasteiger charge is 2.26. The predicted octanol–water partition coefficient (Wildman–Crippen LogP) is 4.00. The second-order valence-electron chi connectivity index (χ2n) is 8.94. The van der Waals surface area contributed by atoms with E-state index in [0.717, 1.165) is 34.7 Å². The molecule has 7 nitrogen and oxygen atoms in total. The van der Waals surface area contributed by atoms with E-state index in [1.807, 2.05) is 40.1 Å². The SMILES string of the molecule is COC(=O)C1=CCN(C)[C@H]1C.C[C@H]1C(C(=O)CCl)=CCN1C.C[C@H]1C(c2csc(=S)[nH]2)=CCN1C. The number of H-pyrrole nitrogens is 1. The number of carbonyl (C=O) groups is 2. The number of halogens is 1. The first kappa shape index (κ1) is 29.6. The Morgan fingerprint density at radius 1 is 1.00 bits per heavy atom. The number of rotatable bonds is 4. The summed E-state index contributed by atoms with van der Waals surface area (Å²) >= 11 is 12.1. The Balaban J connectivity index is 0.000000186. The van der Waals surface area contributed by atoms with Crippen LogP contribution in [0, 0.1) is 3.95 Å². The minimum atomic E-state index is -0.207. The summed E-state index contributed by atoms with van der Waals surface area (Å²) < 4.78 is 5.48. The third kappa shape index (κ3) is 7.68. The van der Waals surface area contributed by atoms with Crippen molar-refractivity contribution in [2.45, 2.75) is 38.9 Å². The van der Waals surface area contributed by atoms with Crippen molar-refractivity contribution in [3.05, 3.63) is 44.4 Å². The van der Waals surface area contributed by atoms with E-state index >= 15 is 0 Å². The number of ketones is 1. The summed E-state index contributed by atoms with van der Waals surface area (Å²) in [5.74, 6) is -0.0466. The number of carbonyl (C=O) groups excluding carboxylic acids is 2. The molecule has 4 rings (SSSR count). The summed E-state index contributed by atoms with van der Waals surface area (Å²) in [7, 11) is 7.52. The molecular weight excluding hydrogens is 504 g/mol. The van der Waals surface area contributed by atoms with Gasteiger partial charge >= 0.3 is 5.97 Å². The Labute approximate surface area is 223 Å². The van der Waals surface area contributed by atoms with Crippen molar-refractivity contribution in [1.82, 2.24) is 19.7 Å². The highest BCUT2D eigenvalue weighted by Crippen LogP contribution is 2.26. The van der Waals surface area contributed by atoms with E-state index in [-0.39, 0.29) is 29.7 Å². The van der Waals surface area contributed by atoms with Crippen LogP contribution in [0.5, 0.6) is 0 Å². The number of alkyl halides is 1. The first-order valence-corrected chi connectivity index (χ1v) is 13.4. The van der Waals surface area contributed by atoms with Crippen molar-refractivity contribution < 1.29 is 14.3 Å². The maximum Gasteiger partial charge on any atom is 0.335 e. The maximum absolute atomic E-state index is 11.1. The topological polar surface area (TPSA) is 68.9 Å². The number of Topliss-reactive ketones (excluding diaryl/α,β-unsaturated/α-hetero) is 1. The molecule has 0 bridgehead atoms. The minimum Gasteiger partial charge on any atom is -0.466 e. The van der Waals surface area contributed by atoms with Crippen molar-refractivity contribution in [3.8, 4) is 0 Å². The number of methoxy groups -OCH3 is 1. The fourth-order valence-corrected chi connectivity index (χ4v) is 4.97. The number of hydrogen-bond donors (Lipinski definition) is 1. The van der Waals surface area contributed by atoms with Gasteiger partial charge in [-0.2, -0.15) is 0 Å². The first-order valence-electron chi connectivity index (χ1n) is 11.6. The molecule has 4 heterocycles. The van der Waals surface area contributed by atoms with E-state index < -0.39 is 0 Å². The fraction of sp³-hybridized carbons (Fsp3) is 0.560. The van der Waals surface area contributed by atoms with Gasteiger partial charge in [0.2, 0.25) is 0 Å². The summed E-state index contributed by atoms with van der Waals surface area (Å²) in [6.07, 6.45) is 6.13. The lowest BCUT2D eigenvalue weighted by Gasteiger charge is -2.17. The third-order valence-corrected chi connectivity index (χ3v) is 8.13. The van der Waals surface area contributed by atoms with Gasteiger partial charge in [0.25, 0.3) is 0 Å². The van der Waals surface area contributed by atoms with Crippen LogP contribution in [0.25, 0.3) is 5.57 Å². The normalized spacial score (nSPS) is 24.6. The third-order valence-electron chi connectivity index (χ3n) is 6.83. The van der Waals surface area contributed by atoms with Crippen molar-refractivity contribution in [2.24, 2.45) is 0 Å². The van der Waals surface area contributed by atoms with Crippen LogP contribution in [0.1, 0.15) is 26.5 Å². The smallest absolute Gasteiger partial charge is 0.335 e. The summed E-state index contributed by atoms with van der Waals surface area (Å²) in [6, 6.07) is 0.934. The van der Waals surface area contributed by atoms with Crippen LogP contribution in [-0.4, -0.2) is 103 Å². The van der Waals surface area contributed by atoms with Gasteiger partial charge in [-0.05, 0) is 59.7 Å². The molecule has 0 unspecified atom stereocenters. The molecule has 1 aromatic rings. The van der Waals surface area contributed by atoms with Gasteiger partial charge in [-0.25, -0.2) is 4.79 Å². The molecule has 1 N–H and O–H groups in total. The number of thiazole rings is 1. The maximum atomic E-state index is 11.1. The quantitative estimate of drug-likeness (QED) is 0.352. The van der Waals surface area contributed by atoms with E-state index in [1.54, 1.807) is 11.3 Å². The van der Waals surface area contributed by atoms with Crippen LogP contribution < -0.4 is 0 Å². The van der Waals surface area contributed by atoms with Crippen molar-refractivity contribution in [3.63, 3.8) is 0 Å². The molecule has 0 aromatic carbocycles. The van der Waals surface area contributed by atoms with E-state index in [2.05, 4.69) is 49.8 Å². The van der Waals surface area contributed by atoms with Gasteiger partial charge in [0.1, 0.15) is 0 Å².